The van der Waals surface area contributed by atoms with Crippen molar-refractivity contribution >= 4 is 17.4 Å². The number of hydrogen-bond donors (Lipinski definition) is 2. The zero-order valence-corrected chi connectivity index (χ0v) is 17.7. The maximum atomic E-state index is 13.8. The molecular weight excluding hydrogens is 414 g/mol. The maximum absolute atomic E-state index is 13.8. The number of rotatable bonds is 4. The van der Waals surface area contributed by atoms with Gasteiger partial charge in [-0.3, -0.25) is 4.79 Å². The Morgan fingerprint density at radius 1 is 1.25 bits per heavy atom. The molecule has 0 radical (unpaired) electrons. The fourth-order valence-corrected chi connectivity index (χ4v) is 3.92. The van der Waals surface area contributed by atoms with E-state index in [0.717, 1.165) is 0 Å². The number of carbonyl (C=O) groups is 1. The Kier molecular flexibility index (Phi) is 5.40. The lowest BCUT2D eigenvalue weighted by Gasteiger charge is -2.42. The average Bonchev–Trinajstić information content (AvgIpc) is 3.10. The van der Waals surface area contributed by atoms with Gasteiger partial charge in [0.15, 0.2) is 0 Å². The molecule has 3 aromatic rings. The topological polar surface area (TPSA) is 100.0 Å². The third kappa shape index (κ3) is 3.81. The molecule has 0 spiro atoms. The van der Waals surface area contributed by atoms with Gasteiger partial charge in [0.25, 0.3) is 0 Å². The molecule has 0 saturated carbocycles. The normalized spacial score (nSPS) is 14.6. The first-order chi connectivity index (χ1) is 15.2. The molecular formula is C23H22F2N6O. The Hall–Kier alpha value is -3.77. The summed E-state index contributed by atoms with van der Waals surface area (Å²) in [6.07, 6.45) is 0. The number of benzene rings is 2. The smallest absolute Gasteiger partial charge is 0.237 e. The van der Waals surface area contributed by atoms with Crippen LogP contribution < -0.4 is 11.1 Å². The fraction of sp³-hybridized carbons (Fsp3) is 0.261. The minimum absolute atomic E-state index is 0.0863. The average molecular weight is 436 g/mol. The van der Waals surface area contributed by atoms with Crippen molar-refractivity contribution in [3.05, 3.63) is 65.5 Å². The SMILES string of the molecule is CC1(C)Cn2c(nc(-c3ccc(F)cc3)c2Nc2ccc(F)c(C#N)c2)CN1C(=O)CN. The van der Waals surface area contributed by atoms with Gasteiger partial charge < -0.3 is 20.5 Å². The molecule has 1 aliphatic rings. The predicted octanol–water partition coefficient (Wildman–Crippen LogP) is 3.52. The molecule has 0 unspecified atom stereocenters. The summed E-state index contributed by atoms with van der Waals surface area (Å²) >= 11 is 0. The molecule has 4 rings (SSSR count). The standard InChI is InChI=1S/C23H22F2N6O/c1-23(2)13-30-19(12-31(23)20(32)11-27)29-21(14-3-5-16(24)6-4-14)22(30)28-17-7-8-18(25)15(9-17)10-26/h3-9,28H,11-13,27H2,1-2H3. The van der Waals surface area contributed by atoms with E-state index in [1.807, 2.05) is 24.5 Å². The van der Waals surface area contributed by atoms with E-state index >= 15 is 0 Å². The third-order valence-electron chi connectivity index (χ3n) is 5.56. The zero-order chi connectivity index (χ0) is 23.0. The molecule has 2 aromatic carbocycles. The van der Waals surface area contributed by atoms with Gasteiger partial charge >= 0.3 is 0 Å². The van der Waals surface area contributed by atoms with E-state index in [1.54, 1.807) is 17.0 Å². The van der Waals surface area contributed by atoms with E-state index < -0.39 is 11.4 Å². The summed E-state index contributed by atoms with van der Waals surface area (Å²) in [6.45, 7) is 4.46. The van der Waals surface area contributed by atoms with Crippen LogP contribution in [0, 0.1) is 23.0 Å². The number of fused-ring (bicyclic) bond motifs is 1. The fourth-order valence-electron chi connectivity index (χ4n) is 3.92. The van der Waals surface area contributed by atoms with Crippen LogP contribution in [-0.4, -0.2) is 32.4 Å². The highest BCUT2D eigenvalue weighted by atomic mass is 19.1. The largest absolute Gasteiger partial charge is 0.340 e. The van der Waals surface area contributed by atoms with Crippen LogP contribution in [0.1, 0.15) is 25.2 Å². The van der Waals surface area contributed by atoms with Gasteiger partial charge in [-0.1, -0.05) is 0 Å². The predicted molar refractivity (Wildman–Crippen MR) is 116 cm³/mol. The highest BCUT2D eigenvalue weighted by Gasteiger charge is 2.38. The van der Waals surface area contributed by atoms with Crippen LogP contribution in [0.25, 0.3) is 11.3 Å². The van der Waals surface area contributed by atoms with Gasteiger partial charge in [0.1, 0.15) is 35.0 Å². The van der Waals surface area contributed by atoms with Crippen LogP contribution >= 0.6 is 0 Å². The van der Waals surface area contributed by atoms with E-state index in [1.165, 1.54) is 30.3 Å². The second-order valence-corrected chi connectivity index (χ2v) is 8.25. The minimum atomic E-state index is -0.607. The Bertz CT molecular complexity index is 1230. The molecule has 0 bridgehead atoms. The Labute approximate surface area is 184 Å². The Balaban J connectivity index is 1.84. The monoisotopic (exact) mass is 436 g/mol. The molecule has 0 fully saturated rings. The summed E-state index contributed by atoms with van der Waals surface area (Å²) < 4.78 is 29.3. The van der Waals surface area contributed by atoms with Gasteiger partial charge in [-0.2, -0.15) is 5.26 Å². The summed E-state index contributed by atoms with van der Waals surface area (Å²) in [5.41, 5.74) is 6.71. The lowest BCUT2D eigenvalue weighted by molar-refractivity contribution is -0.137. The van der Waals surface area contributed by atoms with E-state index in [9.17, 15) is 18.8 Å². The molecule has 164 valence electrons. The van der Waals surface area contributed by atoms with Crippen molar-refractivity contribution < 1.29 is 13.6 Å². The van der Waals surface area contributed by atoms with Crippen LogP contribution in [0.2, 0.25) is 0 Å². The Morgan fingerprint density at radius 3 is 2.62 bits per heavy atom. The molecule has 7 nitrogen and oxygen atoms in total. The van der Waals surface area contributed by atoms with Crippen LogP contribution in [0.3, 0.4) is 0 Å². The summed E-state index contributed by atoms with van der Waals surface area (Å²) in [7, 11) is 0. The summed E-state index contributed by atoms with van der Waals surface area (Å²) in [4.78, 5) is 18.9. The molecule has 0 atom stereocenters. The molecule has 1 aliphatic heterocycles. The highest BCUT2D eigenvalue weighted by molar-refractivity contribution is 5.80. The maximum Gasteiger partial charge on any atom is 0.237 e. The lowest BCUT2D eigenvalue weighted by atomic mass is 9.99. The van der Waals surface area contributed by atoms with Gasteiger partial charge in [-0.25, -0.2) is 13.8 Å². The minimum Gasteiger partial charge on any atom is -0.340 e. The summed E-state index contributed by atoms with van der Waals surface area (Å²) in [5.74, 6) is 0.0827. The van der Waals surface area contributed by atoms with E-state index in [4.69, 9.17) is 10.7 Å². The van der Waals surface area contributed by atoms with Crippen molar-refractivity contribution in [2.24, 2.45) is 5.73 Å². The quantitative estimate of drug-likeness (QED) is 0.652. The summed E-state index contributed by atoms with van der Waals surface area (Å²) in [5, 5.41) is 12.4. The van der Waals surface area contributed by atoms with E-state index in [-0.39, 0.29) is 30.4 Å². The number of aromatic nitrogens is 2. The van der Waals surface area contributed by atoms with Crippen molar-refractivity contribution in [2.45, 2.75) is 32.5 Å². The molecule has 32 heavy (non-hydrogen) atoms. The molecule has 9 heteroatoms. The van der Waals surface area contributed by atoms with Crippen LogP contribution in [0.5, 0.6) is 0 Å². The van der Waals surface area contributed by atoms with Gasteiger partial charge in [0.05, 0.1) is 24.2 Å². The number of halogens is 2. The first kappa shape index (κ1) is 21.5. The first-order valence-electron chi connectivity index (χ1n) is 10.1. The number of nitrogens with one attached hydrogen (secondary N) is 1. The van der Waals surface area contributed by atoms with Crippen LogP contribution in [0.15, 0.2) is 42.5 Å². The number of nitrogens with zero attached hydrogens (tertiary/aromatic N) is 4. The molecule has 2 heterocycles. The molecule has 0 aliphatic carbocycles. The lowest BCUT2D eigenvalue weighted by Crippen LogP contribution is -2.55. The van der Waals surface area contributed by atoms with E-state index in [0.29, 0.717) is 35.1 Å². The number of anilines is 2. The second-order valence-electron chi connectivity index (χ2n) is 8.25. The van der Waals surface area contributed by atoms with Gasteiger partial charge in [-0.05, 0) is 56.3 Å². The third-order valence-corrected chi connectivity index (χ3v) is 5.56. The summed E-state index contributed by atoms with van der Waals surface area (Å²) in [6, 6.07) is 11.9. The molecule has 1 aromatic heterocycles. The van der Waals surface area contributed by atoms with Crippen molar-refractivity contribution in [3.8, 4) is 17.3 Å². The number of nitriles is 1. The molecule has 3 N–H and O–H groups in total. The molecule has 1 amide bonds. The Morgan fingerprint density at radius 2 is 1.97 bits per heavy atom. The number of nitrogens with two attached hydrogens (primary N) is 1. The van der Waals surface area contributed by atoms with Crippen molar-refractivity contribution in [1.82, 2.24) is 14.5 Å². The number of carbonyl (C=O) groups excluding carboxylic acids is 1. The van der Waals surface area contributed by atoms with Crippen molar-refractivity contribution in [1.29, 1.82) is 5.26 Å². The van der Waals surface area contributed by atoms with Gasteiger partial charge in [0, 0.05) is 17.8 Å². The van der Waals surface area contributed by atoms with Crippen molar-refractivity contribution in [3.63, 3.8) is 0 Å². The van der Waals surface area contributed by atoms with Crippen LogP contribution in [0.4, 0.5) is 20.3 Å². The van der Waals surface area contributed by atoms with Gasteiger partial charge in [-0.15, -0.1) is 0 Å². The first-order valence-corrected chi connectivity index (χ1v) is 10.1. The number of imidazole rings is 1. The van der Waals surface area contributed by atoms with E-state index in [2.05, 4.69) is 5.32 Å². The van der Waals surface area contributed by atoms with Crippen molar-refractivity contribution in [2.75, 3.05) is 11.9 Å². The highest BCUT2D eigenvalue weighted by Crippen LogP contribution is 2.37. The van der Waals surface area contributed by atoms with Gasteiger partial charge in [0.2, 0.25) is 5.91 Å². The zero-order valence-electron chi connectivity index (χ0n) is 17.7. The molecule has 0 saturated heterocycles. The number of amides is 1. The van der Waals surface area contributed by atoms with Crippen LogP contribution in [-0.2, 0) is 17.9 Å². The number of hydrogen-bond acceptors (Lipinski definition) is 5. The second kappa shape index (κ2) is 8.05.